The molecular formula is C29H26ClF9N6O3. The van der Waals surface area contributed by atoms with E-state index in [9.17, 15) is 49.1 Å². The molecule has 0 spiro atoms. The highest BCUT2D eigenvalue weighted by molar-refractivity contribution is 6.41. The van der Waals surface area contributed by atoms with Gasteiger partial charge >= 0.3 is 30.1 Å². The second-order valence-electron chi connectivity index (χ2n) is 10.2. The minimum absolute atomic E-state index is 0.496. The summed E-state index contributed by atoms with van der Waals surface area (Å²) in [6.45, 7) is 5.28. The number of hydrogen-bond donors (Lipinski definition) is 3. The van der Waals surface area contributed by atoms with Crippen LogP contribution in [-0.4, -0.2) is 77.4 Å². The standard InChI is InChI=1S/C23H25ClN6.C4F6O2.C2HF3O/c24-21-14-26-23-28-19-3-1-2-16(12-19)4-5-17-13-20(27-22(21)29-23)7-6-18(17)15-30-10-8-25-9-11-30;5-3(6,7)1(11)2(12)4(8,9)10;3-2(4,5)1-6/h1-3,6-7,12-14,25H,4-5,8-11,15H2,(H2,26,27,28,29);;1H. The molecule has 5 rings (SSSR count). The number of nitrogens with one attached hydrogen (secondary N) is 3. The number of piperazine rings is 1. The van der Waals surface area contributed by atoms with Gasteiger partial charge in [0.15, 0.2) is 5.82 Å². The normalized spacial score (nSPS) is 14.9. The lowest BCUT2D eigenvalue weighted by atomic mass is 9.98. The first-order chi connectivity index (χ1) is 22.4. The van der Waals surface area contributed by atoms with Crippen molar-refractivity contribution < 1.29 is 53.9 Å². The van der Waals surface area contributed by atoms with Crippen LogP contribution in [0.3, 0.4) is 0 Å². The zero-order valence-electron chi connectivity index (χ0n) is 24.5. The van der Waals surface area contributed by atoms with E-state index in [1.807, 2.05) is 6.07 Å². The van der Waals surface area contributed by atoms with Crippen molar-refractivity contribution in [3.63, 3.8) is 0 Å². The number of anilines is 4. The molecule has 0 saturated carbocycles. The molecule has 9 nitrogen and oxygen atoms in total. The van der Waals surface area contributed by atoms with E-state index in [1.165, 1.54) is 16.7 Å². The van der Waals surface area contributed by atoms with Crippen molar-refractivity contribution in [3.8, 4) is 0 Å². The second kappa shape index (κ2) is 16.2. The third kappa shape index (κ3) is 12.1. The number of halogens is 10. The molecule has 1 fully saturated rings. The van der Waals surface area contributed by atoms with E-state index in [1.54, 1.807) is 6.20 Å². The third-order valence-electron chi connectivity index (χ3n) is 6.54. The maximum absolute atomic E-state index is 11.2. The summed E-state index contributed by atoms with van der Waals surface area (Å²) in [5.74, 6) is -5.69. The number of nitrogens with zero attached hydrogens (tertiary/aromatic N) is 3. The Balaban J connectivity index is 0.000000289. The van der Waals surface area contributed by atoms with E-state index in [0.717, 1.165) is 56.9 Å². The summed E-state index contributed by atoms with van der Waals surface area (Å²) in [6, 6.07) is 15.1. The molecule has 260 valence electrons. The minimum Gasteiger partial charge on any atom is -0.339 e. The maximum Gasteiger partial charge on any atom is 0.458 e. The monoisotopic (exact) mass is 712 g/mol. The second-order valence-corrected chi connectivity index (χ2v) is 10.6. The number of fused-ring (bicyclic) bond motifs is 6. The van der Waals surface area contributed by atoms with Crippen LogP contribution in [0.1, 0.15) is 16.7 Å². The lowest BCUT2D eigenvalue weighted by molar-refractivity contribution is -0.193. The van der Waals surface area contributed by atoms with Crippen LogP contribution in [0.5, 0.6) is 0 Å². The molecule has 3 N–H and O–H groups in total. The average Bonchev–Trinajstić information content (AvgIpc) is 3.02. The van der Waals surface area contributed by atoms with Gasteiger partial charge in [0.1, 0.15) is 5.02 Å². The first kappa shape index (κ1) is 38.2. The van der Waals surface area contributed by atoms with Crippen LogP contribution in [0.2, 0.25) is 5.02 Å². The summed E-state index contributed by atoms with van der Waals surface area (Å²) < 4.78 is 98.2. The SMILES string of the molecule is Clc1cnc2nc1Nc1ccc(CN3CCNCC3)c(c1)CCc1cccc(c1)N2.O=C(C(=O)C(F)(F)F)C(F)(F)F.O=CC(F)(F)F. The van der Waals surface area contributed by atoms with Gasteiger partial charge in [-0.1, -0.05) is 29.8 Å². The van der Waals surface area contributed by atoms with E-state index in [4.69, 9.17) is 16.4 Å². The van der Waals surface area contributed by atoms with Crippen LogP contribution < -0.4 is 16.0 Å². The third-order valence-corrected chi connectivity index (χ3v) is 6.81. The quantitative estimate of drug-likeness (QED) is 0.168. The van der Waals surface area contributed by atoms with Gasteiger partial charge in [-0.3, -0.25) is 19.3 Å². The fourth-order valence-electron chi connectivity index (χ4n) is 4.32. The molecule has 19 heteroatoms. The van der Waals surface area contributed by atoms with Crippen LogP contribution in [0.4, 0.5) is 62.7 Å². The lowest BCUT2D eigenvalue weighted by Crippen LogP contribution is -2.43. The van der Waals surface area contributed by atoms with Crippen molar-refractivity contribution in [1.82, 2.24) is 20.2 Å². The molecule has 48 heavy (non-hydrogen) atoms. The van der Waals surface area contributed by atoms with Crippen molar-refractivity contribution in [3.05, 3.63) is 70.4 Å². The Bertz CT molecular complexity index is 1570. The van der Waals surface area contributed by atoms with Crippen molar-refractivity contribution in [1.29, 1.82) is 0 Å². The number of alkyl halides is 9. The molecule has 0 aliphatic carbocycles. The number of aromatic nitrogens is 2. The first-order valence-electron chi connectivity index (χ1n) is 13.8. The summed E-state index contributed by atoms with van der Waals surface area (Å²) in [4.78, 5) is 39.4. The van der Waals surface area contributed by atoms with E-state index >= 15 is 0 Å². The van der Waals surface area contributed by atoms with Crippen LogP contribution in [0.25, 0.3) is 0 Å². The average molecular weight is 713 g/mol. The molecule has 3 aromatic rings. The largest absolute Gasteiger partial charge is 0.458 e. The minimum atomic E-state index is -5.77. The van der Waals surface area contributed by atoms with Crippen molar-refractivity contribution >= 4 is 52.6 Å². The molecule has 0 radical (unpaired) electrons. The number of hydrogen-bond acceptors (Lipinski definition) is 9. The Morgan fingerprint density at radius 1 is 0.854 bits per heavy atom. The molecule has 0 amide bonds. The number of aldehydes is 1. The molecule has 3 heterocycles. The predicted octanol–water partition coefficient (Wildman–Crippen LogP) is 6.12. The van der Waals surface area contributed by atoms with Gasteiger partial charge in [-0.05, 0) is 53.8 Å². The molecular weight excluding hydrogens is 687 g/mol. The number of carbonyl (C=O) groups excluding carboxylic acids is 3. The predicted molar refractivity (Wildman–Crippen MR) is 156 cm³/mol. The summed E-state index contributed by atoms with van der Waals surface area (Å²) in [5.41, 5.74) is 6.02. The highest BCUT2D eigenvalue weighted by Gasteiger charge is 2.54. The topological polar surface area (TPSA) is 116 Å². The summed E-state index contributed by atoms with van der Waals surface area (Å²) in [5, 5.41) is 10.6. The van der Waals surface area contributed by atoms with Gasteiger partial charge in [-0.25, -0.2) is 4.98 Å². The Labute approximate surface area is 271 Å². The van der Waals surface area contributed by atoms with Crippen molar-refractivity contribution in [2.45, 2.75) is 37.9 Å². The highest BCUT2D eigenvalue weighted by atomic mass is 35.5. The van der Waals surface area contributed by atoms with Gasteiger partial charge in [0, 0.05) is 44.1 Å². The van der Waals surface area contributed by atoms with Gasteiger partial charge in [0.25, 0.3) is 0 Å². The molecule has 2 aliphatic rings. The van der Waals surface area contributed by atoms with Gasteiger partial charge in [-0.15, -0.1) is 0 Å². The number of ketones is 2. The van der Waals surface area contributed by atoms with Crippen LogP contribution >= 0.6 is 11.6 Å². The number of carbonyl (C=O) groups is 3. The fourth-order valence-corrected chi connectivity index (χ4v) is 4.46. The Kier molecular flexibility index (Phi) is 12.9. The van der Waals surface area contributed by atoms with Gasteiger partial charge in [-0.2, -0.15) is 44.5 Å². The molecule has 1 aromatic heterocycles. The first-order valence-corrected chi connectivity index (χ1v) is 14.2. The molecule has 0 atom stereocenters. The van der Waals surface area contributed by atoms with E-state index in [2.05, 4.69) is 67.2 Å². The Hall–Kier alpha value is -4.29. The van der Waals surface area contributed by atoms with Crippen molar-refractivity contribution in [2.75, 3.05) is 36.8 Å². The Morgan fingerprint density at radius 2 is 1.46 bits per heavy atom. The maximum atomic E-state index is 11.2. The van der Waals surface area contributed by atoms with E-state index in [-0.39, 0.29) is 0 Å². The summed E-state index contributed by atoms with van der Waals surface area (Å²) in [7, 11) is 0. The number of aryl methyl sites for hydroxylation is 2. The molecule has 1 saturated heterocycles. The lowest BCUT2D eigenvalue weighted by Gasteiger charge is -2.28. The molecule has 6 bridgehead atoms. The van der Waals surface area contributed by atoms with Crippen LogP contribution in [0.15, 0.2) is 48.7 Å². The zero-order valence-corrected chi connectivity index (χ0v) is 25.2. The Morgan fingerprint density at radius 3 is 2.04 bits per heavy atom. The van der Waals surface area contributed by atoms with Crippen molar-refractivity contribution in [2.24, 2.45) is 0 Å². The van der Waals surface area contributed by atoms with Gasteiger partial charge in [0.2, 0.25) is 12.2 Å². The molecule has 0 unspecified atom stereocenters. The van der Waals surface area contributed by atoms with E-state index in [0.29, 0.717) is 16.8 Å². The van der Waals surface area contributed by atoms with E-state index < -0.39 is 36.4 Å². The van der Waals surface area contributed by atoms with Gasteiger partial charge < -0.3 is 16.0 Å². The van der Waals surface area contributed by atoms with Gasteiger partial charge in [0.05, 0.1) is 6.20 Å². The molecule has 2 aliphatic heterocycles. The number of Topliss-reactive ketones (excluding diaryl/α,β-unsaturated/α-hetero) is 2. The summed E-state index contributed by atoms with van der Waals surface area (Å²) in [6.07, 6.45) is -13.7. The number of rotatable bonds is 3. The number of benzene rings is 2. The smallest absolute Gasteiger partial charge is 0.339 e. The zero-order chi connectivity index (χ0) is 35.7. The van der Waals surface area contributed by atoms with Crippen LogP contribution in [-0.2, 0) is 33.8 Å². The fraction of sp³-hybridized carbons (Fsp3) is 0.345. The summed E-state index contributed by atoms with van der Waals surface area (Å²) >= 11 is 6.37. The van der Waals surface area contributed by atoms with Crippen LogP contribution in [0, 0.1) is 0 Å². The molecule has 2 aromatic carbocycles. The highest BCUT2D eigenvalue weighted by Crippen LogP contribution is 2.29.